The van der Waals surface area contributed by atoms with Crippen LogP contribution < -0.4 is 0 Å². The summed E-state index contributed by atoms with van der Waals surface area (Å²) in [6.07, 6.45) is 0. The van der Waals surface area contributed by atoms with Crippen LogP contribution in [0.5, 0.6) is 0 Å². The van der Waals surface area contributed by atoms with Crippen LogP contribution in [0.2, 0.25) is 10.0 Å². The molecule has 0 aliphatic rings. The predicted octanol–water partition coefficient (Wildman–Crippen LogP) is 7.02. The van der Waals surface area contributed by atoms with Gasteiger partial charge in [0.1, 0.15) is 5.52 Å². The number of aromatic nitrogens is 2. The van der Waals surface area contributed by atoms with Crippen LogP contribution in [-0.4, -0.2) is 10.1 Å². The molecular weight excluding hydrogens is 379 g/mol. The van der Waals surface area contributed by atoms with E-state index in [0.29, 0.717) is 15.8 Å². The van der Waals surface area contributed by atoms with Crippen LogP contribution in [0.3, 0.4) is 0 Å². The van der Waals surface area contributed by atoms with Crippen molar-refractivity contribution in [3.05, 3.63) is 82.8 Å². The first-order valence-electron chi connectivity index (χ1n) is 8.41. The minimum absolute atomic E-state index is 0.466. The van der Waals surface area contributed by atoms with Gasteiger partial charge in [-0.15, -0.1) is 0 Å². The third kappa shape index (κ3) is 2.67. The number of rotatable bonds is 2. The van der Waals surface area contributed by atoms with Crippen molar-refractivity contribution in [2.45, 2.75) is 0 Å². The van der Waals surface area contributed by atoms with E-state index in [-0.39, 0.29) is 0 Å². The van der Waals surface area contributed by atoms with Gasteiger partial charge < -0.3 is 4.52 Å². The second kappa shape index (κ2) is 6.38. The molecule has 0 aliphatic heterocycles. The fraction of sp³-hybridized carbons (Fsp3) is 0. The zero-order valence-electron chi connectivity index (χ0n) is 14.0. The molecule has 5 heteroatoms. The van der Waals surface area contributed by atoms with E-state index in [4.69, 9.17) is 32.7 Å². The summed E-state index contributed by atoms with van der Waals surface area (Å²) < 4.78 is 5.77. The standard InChI is InChI=1S/C22H12Cl2N2O/c23-16-11-10-14(12-17(16)24)22-19-20(13-6-2-1-3-7-13)25-18-9-5-4-8-15(18)21(19)26-27-22/h1-12H. The van der Waals surface area contributed by atoms with E-state index < -0.39 is 0 Å². The van der Waals surface area contributed by atoms with Crippen molar-refractivity contribution >= 4 is 45.0 Å². The van der Waals surface area contributed by atoms with Crippen molar-refractivity contribution in [3.63, 3.8) is 0 Å². The largest absolute Gasteiger partial charge is 0.355 e. The van der Waals surface area contributed by atoms with Gasteiger partial charge in [-0.05, 0) is 24.3 Å². The molecule has 2 heterocycles. The summed E-state index contributed by atoms with van der Waals surface area (Å²) in [6, 6.07) is 23.4. The van der Waals surface area contributed by atoms with Crippen LogP contribution in [0.15, 0.2) is 77.3 Å². The number of para-hydroxylation sites is 1. The van der Waals surface area contributed by atoms with Crippen LogP contribution in [-0.2, 0) is 0 Å². The van der Waals surface area contributed by atoms with E-state index in [0.717, 1.165) is 38.6 Å². The maximum Gasteiger partial charge on any atom is 0.176 e. The Morgan fingerprint density at radius 1 is 0.741 bits per heavy atom. The molecule has 0 atom stereocenters. The fourth-order valence-corrected chi connectivity index (χ4v) is 3.58. The summed E-state index contributed by atoms with van der Waals surface area (Å²) in [5, 5.41) is 7.14. The molecule has 0 spiro atoms. The first kappa shape index (κ1) is 16.3. The number of nitrogens with zero attached hydrogens (tertiary/aromatic N) is 2. The Kier molecular flexibility index (Phi) is 3.85. The molecule has 0 bridgehead atoms. The molecule has 0 aliphatic carbocycles. The number of pyridine rings is 1. The lowest BCUT2D eigenvalue weighted by Gasteiger charge is -2.07. The second-order valence-corrected chi connectivity index (χ2v) is 7.02. The van der Waals surface area contributed by atoms with Crippen LogP contribution in [0.25, 0.3) is 44.4 Å². The maximum absolute atomic E-state index is 6.22. The zero-order valence-corrected chi connectivity index (χ0v) is 15.5. The summed E-state index contributed by atoms with van der Waals surface area (Å²) in [6.45, 7) is 0. The molecule has 0 unspecified atom stereocenters. The third-order valence-corrected chi connectivity index (χ3v) is 5.29. The van der Waals surface area contributed by atoms with Gasteiger partial charge in [0.2, 0.25) is 0 Å². The van der Waals surface area contributed by atoms with Crippen molar-refractivity contribution in [1.82, 2.24) is 10.1 Å². The van der Waals surface area contributed by atoms with Gasteiger partial charge in [0.05, 0.1) is 26.6 Å². The highest BCUT2D eigenvalue weighted by atomic mass is 35.5. The molecular formula is C22H12Cl2N2O. The average molecular weight is 391 g/mol. The Balaban J connectivity index is 1.91. The van der Waals surface area contributed by atoms with E-state index >= 15 is 0 Å². The van der Waals surface area contributed by atoms with Gasteiger partial charge in [-0.3, -0.25) is 0 Å². The van der Waals surface area contributed by atoms with Crippen LogP contribution in [0, 0.1) is 0 Å². The fourth-order valence-electron chi connectivity index (χ4n) is 3.28. The normalized spacial score (nSPS) is 11.3. The molecule has 0 N–H and O–H groups in total. The van der Waals surface area contributed by atoms with Crippen molar-refractivity contribution in [1.29, 1.82) is 0 Å². The highest BCUT2D eigenvalue weighted by Crippen LogP contribution is 2.39. The lowest BCUT2D eigenvalue weighted by atomic mass is 10.0. The quantitative estimate of drug-likeness (QED) is 0.325. The van der Waals surface area contributed by atoms with Crippen LogP contribution in [0.1, 0.15) is 0 Å². The van der Waals surface area contributed by atoms with Crippen molar-refractivity contribution < 1.29 is 4.52 Å². The van der Waals surface area contributed by atoms with Gasteiger partial charge in [-0.2, -0.15) is 0 Å². The number of hydrogen-bond acceptors (Lipinski definition) is 3. The number of halogens is 2. The first-order valence-corrected chi connectivity index (χ1v) is 9.17. The summed E-state index contributed by atoms with van der Waals surface area (Å²) in [4.78, 5) is 4.91. The Morgan fingerprint density at radius 3 is 2.33 bits per heavy atom. The Bertz CT molecular complexity index is 1300. The van der Waals surface area contributed by atoms with Gasteiger partial charge in [0.25, 0.3) is 0 Å². The Labute approximate surface area is 165 Å². The number of fused-ring (bicyclic) bond motifs is 3. The average Bonchev–Trinajstić information content (AvgIpc) is 3.15. The molecule has 5 rings (SSSR count). The van der Waals surface area contributed by atoms with E-state index in [1.165, 1.54) is 0 Å². The molecule has 0 amide bonds. The van der Waals surface area contributed by atoms with Crippen molar-refractivity contribution in [3.8, 4) is 22.6 Å². The Hall–Kier alpha value is -2.88. The van der Waals surface area contributed by atoms with Gasteiger partial charge in [-0.1, -0.05) is 76.9 Å². The lowest BCUT2D eigenvalue weighted by molar-refractivity contribution is 0.441. The van der Waals surface area contributed by atoms with Crippen molar-refractivity contribution in [2.24, 2.45) is 0 Å². The third-order valence-electron chi connectivity index (χ3n) is 4.55. The first-order chi connectivity index (χ1) is 13.2. The maximum atomic E-state index is 6.22. The lowest BCUT2D eigenvalue weighted by Crippen LogP contribution is -1.89. The van der Waals surface area contributed by atoms with Gasteiger partial charge in [0, 0.05) is 16.5 Å². The van der Waals surface area contributed by atoms with E-state index in [2.05, 4.69) is 5.16 Å². The van der Waals surface area contributed by atoms with Gasteiger partial charge >= 0.3 is 0 Å². The van der Waals surface area contributed by atoms with Gasteiger partial charge in [0.15, 0.2) is 5.76 Å². The van der Waals surface area contributed by atoms with E-state index in [9.17, 15) is 0 Å². The second-order valence-electron chi connectivity index (χ2n) is 6.21. The Morgan fingerprint density at radius 2 is 1.52 bits per heavy atom. The number of benzene rings is 3. The summed E-state index contributed by atoms with van der Waals surface area (Å²) in [5.74, 6) is 0.626. The minimum atomic E-state index is 0.466. The minimum Gasteiger partial charge on any atom is -0.355 e. The predicted molar refractivity (Wildman–Crippen MR) is 110 cm³/mol. The highest BCUT2D eigenvalue weighted by molar-refractivity contribution is 6.42. The smallest absolute Gasteiger partial charge is 0.176 e. The molecule has 130 valence electrons. The molecule has 3 aromatic carbocycles. The molecule has 5 aromatic rings. The van der Waals surface area contributed by atoms with Crippen LogP contribution >= 0.6 is 23.2 Å². The topological polar surface area (TPSA) is 38.9 Å². The molecule has 3 nitrogen and oxygen atoms in total. The molecule has 27 heavy (non-hydrogen) atoms. The van der Waals surface area contributed by atoms with E-state index in [1.54, 1.807) is 12.1 Å². The summed E-state index contributed by atoms with van der Waals surface area (Å²) in [5.41, 5.74) is 4.28. The van der Waals surface area contributed by atoms with Crippen LogP contribution in [0.4, 0.5) is 0 Å². The highest BCUT2D eigenvalue weighted by Gasteiger charge is 2.20. The van der Waals surface area contributed by atoms with Gasteiger partial charge in [-0.25, -0.2) is 4.98 Å². The summed E-state index contributed by atoms with van der Waals surface area (Å²) >= 11 is 12.3. The van der Waals surface area contributed by atoms with Crippen molar-refractivity contribution in [2.75, 3.05) is 0 Å². The van der Waals surface area contributed by atoms with E-state index in [1.807, 2.05) is 60.7 Å². The molecule has 0 saturated heterocycles. The zero-order chi connectivity index (χ0) is 18.4. The summed E-state index contributed by atoms with van der Waals surface area (Å²) in [7, 11) is 0. The molecule has 0 saturated carbocycles. The molecule has 0 radical (unpaired) electrons. The monoisotopic (exact) mass is 390 g/mol. The molecule has 2 aromatic heterocycles. The molecule has 0 fully saturated rings. The SMILES string of the molecule is Clc1ccc(-c2onc3c2c(-c2ccccc2)nc2ccccc23)cc1Cl. The number of hydrogen-bond donors (Lipinski definition) is 0.